The lowest BCUT2D eigenvalue weighted by molar-refractivity contribution is -0.00176. The molecule has 0 radical (unpaired) electrons. The van der Waals surface area contributed by atoms with Crippen molar-refractivity contribution < 1.29 is 39.4 Å². The van der Waals surface area contributed by atoms with E-state index in [-0.39, 0.29) is 23.9 Å². The van der Waals surface area contributed by atoms with Crippen molar-refractivity contribution >= 4 is 0 Å². The van der Waals surface area contributed by atoms with E-state index in [0.717, 1.165) is 5.56 Å². The van der Waals surface area contributed by atoms with Crippen LogP contribution in [0.2, 0.25) is 0 Å². The van der Waals surface area contributed by atoms with Gasteiger partial charge >= 0.3 is 0 Å². The first kappa shape index (κ1) is 22.6. The van der Waals surface area contributed by atoms with Crippen LogP contribution in [-0.2, 0) is 6.42 Å². The van der Waals surface area contributed by atoms with Gasteiger partial charge in [-0.25, -0.2) is 0 Å². The molecule has 0 saturated heterocycles. The Morgan fingerprint density at radius 3 is 2.03 bits per heavy atom. The summed E-state index contributed by atoms with van der Waals surface area (Å²) in [5.74, 6) is 1.14. The number of aryl methyl sites for hydroxylation is 1. The first-order chi connectivity index (χ1) is 14.0. The van der Waals surface area contributed by atoms with E-state index in [1.165, 1.54) is 39.5 Å². The smallest absolute Gasteiger partial charge is 0.204 e. The largest absolute Gasteiger partial charge is 0.504 e. The molecule has 2 atom stereocenters. The van der Waals surface area contributed by atoms with E-state index in [2.05, 4.69) is 0 Å². The van der Waals surface area contributed by atoms with Crippen molar-refractivity contribution in [1.29, 1.82) is 0 Å². The Morgan fingerprint density at radius 2 is 1.52 bits per heavy atom. The van der Waals surface area contributed by atoms with Crippen LogP contribution < -0.4 is 18.9 Å². The molecule has 0 spiro atoms. The molecule has 0 heterocycles. The van der Waals surface area contributed by atoms with Crippen LogP contribution in [0.15, 0.2) is 30.3 Å². The van der Waals surface area contributed by atoms with Gasteiger partial charge in [-0.3, -0.25) is 0 Å². The number of aromatic hydroxyl groups is 1. The van der Waals surface area contributed by atoms with E-state index in [1.54, 1.807) is 12.1 Å². The molecule has 0 saturated carbocycles. The van der Waals surface area contributed by atoms with Crippen LogP contribution in [0.25, 0.3) is 0 Å². The molecule has 0 bridgehead atoms. The molecule has 0 fully saturated rings. The molecule has 2 aromatic carbocycles. The van der Waals surface area contributed by atoms with Gasteiger partial charge in [-0.2, -0.15) is 0 Å². The molecular weight excluding hydrogens is 380 g/mol. The maximum absolute atomic E-state index is 10.7. The summed E-state index contributed by atoms with van der Waals surface area (Å²) >= 11 is 0. The van der Waals surface area contributed by atoms with E-state index in [0.29, 0.717) is 29.9 Å². The zero-order valence-electron chi connectivity index (χ0n) is 16.8. The summed E-state index contributed by atoms with van der Waals surface area (Å²) in [6, 6.07) is 7.90. The molecule has 4 N–H and O–H groups in total. The summed E-state index contributed by atoms with van der Waals surface area (Å²) in [6.07, 6.45) is -1.02. The van der Waals surface area contributed by atoms with Gasteiger partial charge in [-0.1, -0.05) is 6.07 Å². The first-order valence-corrected chi connectivity index (χ1v) is 9.17. The van der Waals surface area contributed by atoms with Crippen molar-refractivity contribution in [2.45, 2.75) is 25.0 Å². The second kappa shape index (κ2) is 10.8. The predicted octanol–water partition coefficient (Wildman–Crippen LogP) is 1.82. The second-order valence-electron chi connectivity index (χ2n) is 6.37. The first-order valence-electron chi connectivity index (χ1n) is 9.17. The molecule has 8 nitrogen and oxygen atoms in total. The van der Waals surface area contributed by atoms with Crippen LogP contribution in [0.4, 0.5) is 0 Å². The minimum atomic E-state index is -1.21. The van der Waals surface area contributed by atoms with Gasteiger partial charge in [0.05, 0.1) is 27.9 Å². The molecule has 2 rings (SSSR count). The normalized spacial score (nSPS) is 12.9. The molecule has 0 aliphatic rings. The van der Waals surface area contributed by atoms with E-state index in [9.17, 15) is 15.3 Å². The lowest BCUT2D eigenvalue weighted by Gasteiger charge is -2.25. The van der Waals surface area contributed by atoms with E-state index < -0.39 is 18.8 Å². The highest BCUT2D eigenvalue weighted by Crippen LogP contribution is 2.41. The molecule has 0 aliphatic heterocycles. The maximum atomic E-state index is 10.7. The number of phenols is 1. The van der Waals surface area contributed by atoms with Crippen molar-refractivity contribution in [3.63, 3.8) is 0 Å². The van der Waals surface area contributed by atoms with Gasteiger partial charge in [0.2, 0.25) is 5.75 Å². The minimum Gasteiger partial charge on any atom is -0.504 e. The third-order valence-corrected chi connectivity index (χ3v) is 4.49. The van der Waals surface area contributed by atoms with Crippen molar-refractivity contribution in [2.75, 3.05) is 34.5 Å². The average molecular weight is 408 g/mol. The van der Waals surface area contributed by atoms with Crippen LogP contribution in [0, 0.1) is 0 Å². The third-order valence-electron chi connectivity index (χ3n) is 4.49. The lowest BCUT2D eigenvalue weighted by atomic mass is 10.0. The summed E-state index contributed by atoms with van der Waals surface area (Å²) < 4.78 is 21.8. The summed E-state index contributed by atoms with van der Waals surface area (Å²) in [6.45, 7) is -0.416. The van der Waals surface area contributed by atoms with Gasteiger partial charge in [0.25, 0.3) is 0 Å². The molecule has 0 amide bonds. The average Bonchev–Trinajstić information content (AvgIpc) is 2.75. The standard InChI is InChI=1S/C21H28O8/c1-26-16-11-14(6-7-15(16)24)20(25)19(12-23)29-21-17(27-2)9-13(5-4-8-22)10-18(21)28-3/h6-7,9-11,19-20,22-25H,4-5,8,12H2,1-3H3/t19-,20+/m1/s1. The van der Waals surface area contributed by atoms with Crippen LogP contribution in [-0.4, -0.2) is 61.1 Å². The van der Waals surface area contributed by atoms with Crippen molar-refractivity contribution in [3.8, 4) is 28.7 Å². The summed E-state index contributed by atoms with van der Waals surface area (Å²) in [5.41, 5.74) is 1.29. The fourth-order valence-electron chi connectivity index (χ4n) is 2.92. The Labute approximate surface area is 169 Å². The molecule has 29 heavy (non-hydrogen) atoms. The third kappa shape index (κ3) is 5.44. The molecular formula is C21H28O8. The molecule has 0 aromatic heterocycles. The van der Waals surface area contributed by atoms with Gasteiger partial charge in [-0.05, 0) is 48.2 Å². The highest BCUT2D eigenvalue weighted by atomic mass is 16.6. The number of hydrogen-bond donors (Lipinski definition) is 4. The molecule has 160 valence electrons. The zero-order chi connectivity index (χ0) is 21.4. The number of phenolic OH excluding ortho intramolecular Hbond substituents is 1. The number of rotatable bonds is 11. The molecule has 0 unspecified atom stereocenters. The van der Waals surface area contributed by atoms with Gasteiger partial charge in [0, 0.05) is 6.61 Å². The topological polar surface area (TPSA) is 118 Å². The highest BCUT2D eigenvalue weighted by Gasteiger charge is 2.26. The van der Waals surface area contributed by atoms with Crippen LogP contribution >= 0.6 is 0 Å². The summed E-state index contributed by atoms with van der Waals surface area (Å²) in [4.78, 5) is 0. The number of ether oxygens (including phenoxy) is 4. The van der Waals surface area contributed by atoms with Crippen LogP contribution in [0.1, 0.15) is 23.7 Å². The SMILES string of the molecule is COc1cc([C@H](O)[C@@H](CO)Oc2c(OC)cc(CCCO)cc2OC)ccc1O. The van der Waals surface area contributed by atoms with E-state index in [4.69, 9.17) is 24.1 Å². The van der Waals surface area contributed by atoms with Crippen LogP contribution in [0.3, 0.4) is 0 Å². The number of methoxy groups -OCH3 is 3. The number of aliphatic hydroxyl groups is 3. The minimum absolute atomic E-state index is 0.0632. The zero-order valence-corrected chi connectivity index (χ0v) is 16.8. The summed E-state index contributed by atoms with van der Waals surface area (Å²) in [7, 11) is 4.36. The fourth-order valence-corrected chi connectivity index (χ4v) is 2.92. The number of hydrogen-bond acceptors (Lipinski definition) is 8. The Bertz CT molecular complexity index is 767. The number of benzene rings is 2. The van der Waals surface area contributed by atoms with E-state index >= 15 is 0 Å². The second-order valence-corrected chi connectivity index (χ2v) is 6.37. The Kier molecular flexibility index (Phi) is 8.38. The van der Waals surface area contributed by atoms with Crippen LogP contribution in [0.5, 0.6) is 28.7 Å². The Morgan fingerprint density at radius 1 is 0.897 bits per heavy atom. The quantitative estimate of drug-likeness (QED) is 0.445. The maximum Gasteiger partial charge on any atom is 0.204 e. The predicted molar refractivity (Wildman–Crippen MR) is 106 cm³/mol. The lowest BCUT2D eigenvalue weighted by Crippen LogP contribution is -2.29. The molecule has 2 aromatic rings. The highest BCUT2D eigenvalue weighted by molar-refractivity contribution is 5.54. The van der Waals surface area contributed by atoms with Gasteiger partial charge in [0.1, 0.15) is 6.10 Å². The monoisotopic (exact) mass is 408 g/mol. The summed E-state index contributed by atoms with van der Waals surface area (Å²) in [5, 5.41) is 39.3. The van der Waals surface area contributed by atoms with Gasteiger partial charge in [-0.15, -0.1) is 0 Å². The number of aliphatic hydroxyl groups excluding tert-OH is 3. The van der Waals surface area contributed by atoms with Crippen molar-refractivity contribution in [3.05, 3.63) is 41.5 Å². The fraction of sp³-hybridized carbons (Fsp3) is 0.429. The van der Waals surface area contributed by atoms with Gasteiger partial charge < -0.3 is 39.4 Å². The van der Waals surface area contributed by atoms with Crippen molar-refractivity contribution in [2.24, 2.45) is 0 Å². The van der Waals surface area contributed by atoms with Crippen molar-refractivity contribution in [1.82, 2.24) is 0 Å². The Balaban J connectivity index is 2.33. The van der Waals surface area contributed by atoms with E-state index in [1.807, 2.05) is 0 Å². The van der Waals surface area contributed by atoms with Gasteiger partial charge in [0.15, 0.2) is 29.1 Å². The molecule has 0 aliphatic carbocycles. The Hall–Kier alpha value is -2.68. The molecule has 8 heteroatoms.